The Morgan fingerprint density at radius 2 is 0.689 bits per heavy atom. The predicted molar refractivity (Wildman–Crippen MR) is 466 cm³/mol. The SMILES string of the molecule is CC(C)(CCN1CCN(C2=Nc3cc(O)ccc3Oc3ccc(O)cc32)CC1)C(=O)O.COc1ccc2c(c1)N=C(N1CCN(CC(C)(C)C(=O)O)CC1)c1ccc(F)cc1O2.Cc1ccc2c(c1)N=C(N1CCN(CC(C)(C)C(=O)O)CC1)c1cc(Br)ccc1O2.Cc1ccc2c(c1)N=C(N1CCN(CC(C)(C)C(=O)O)CC1)c1ccc(F)cc1O2. The van der Waals surface area contributed by atoms with E-state index in [-0.39, 0.29) is 23.1 Å². The topological polar surface area (TPSA) is 311 Å². The number of carboxylic acids is 4. The van der Waals surface area contributed by atoms with Crippen LogP contribution in [0.2, 0.25) is 0 Å². The number of carbonyl (C=O) groups is 4. The van der Waals surface area contributed by atoms with E-state index in [4.69, 9.17) is 43.7 Å². The molecular weight excluding hydrogens is 1630 g/mol. The summed E-state index contributed by atoms with van der Waals surface area (Å²) in [5, 5.41) is 57.6. The largest absolute Gasteiger partial charge is 0.508 e. The number of aliphatic carboxylic acids is 4. The summed E-state index contributed by atoms with van der Waals surface area (Å²) in [5.41, 5.74) is 4.89. The van der Waals surface area contributed by atoms with Gasteiger partial charge in [-0.3, -0.25) is 38.8 Å². The van der Waals surface area contributed by atoms with Crippen LogP contribution in [0.1, 0.15) is 95.2 Å². The smallest absolute Gasteiger partial charge is 0.310 e. The monoisotopic (exact) mass is 1730 g/mol. The standard InChI is InChI=1S/C23H26BrN3O3.C23H26FN3O4.C23H26FN3O3.C23H27N3O5/c1-15-4-6-20-18(12-15)25-21(17-13-16(24)5-7-19(17)30-20)27-10-8-26(9-11-27)14-23(2,3)22(28)29;1-23(2,22(28)29)14-26-8-10-27(11-9-26)21-17-6-4-15(24)12-20(17)31-19-7-5-16(30-3)13-18(19)25-21;1-15-4-7-19-18(12-15)25-21(17-6-5-16(24)13-20(17)30-19)27-10-8-26(9-11-27)14-23(2,3)22(28)29;1-23(2,22(29)30)7-8-25-9-11-26(12-10-25)21-17-13-15(27)3-5-19(17)31-20-6-4-16(28)14-18(20)24-21/h4-7,12-13H,8-11,14H2,1-3H3,(H,28,29);4-7,12-13H,8-11,14H2,1-3H3,(H,28,29);4-7,12-13H,8-11,14H2,1-3H3,(H,28,29);3-6,13-14,27-28H,7-12H2,1-2H3,(H,29,30). The molecule has 0 atom stereocenters. The van der Waals surface area contributed by atoms with E-state index in [1.807, 2.05) is 68.4 Å². The van der Waals surface area contributed by atoms with Crippen LogP contribution in [0.4, 0.5) is 31.5 Å². The minimum absolute atomic E-state index is 0.102. The van der Waals surface area contributed by atoms with Crippen molar-refractivity contribution in [3.05, 3.63) is 195 Å². The van der Waals surface area contributed by atoms with Gasteiger partial charge in [-0.1, -0.05) is 28.1 Å². The van der Waals surface area contributed by atoms with Crippen molar-refractivity contribution in [2.75, 3.05) is 138 Å². The number of rotatable bonds is 14. The van der Waals surface area contributed by atoms with Crippen molar-refractivity contribution < 1.29 is 82.3 Å². The third-order valence-corrected chi connectivity index (χ3v) is 23.3. The molecule has 0 unspecified atom stereocenters. The number of amidine groups is 4. The highest BCUT2D eigenvalue weighted by Crippen LogP contribution is 2.46. The molecule has 0 aliphatic carbocycles. The number of nitrogens with zero attached hydrogens (tertiary/aromatic N) is 12. The fraction of sp³-hybridized carbons (Fsp3) is 0.391. The molecular formula is C92H105BrF2N12O15. The lowest BCUT2D eigenvalue weighted by atomic mass is 9.89. The average molecular weight is 1740 g/mol. The summed E-state index contributed by atoms with van der Waals surface area (Å²) >= 11 is 3.58. The molecule has 0 bridgehead atoms. The van der Waals surface area contributed by atoms with E-state index in [9.17, 15) is 58.6 Å². The van der Waals surface area contributed by atoms with E-state index in [2.05, 4.69) is 55.1 Å². The average Bonchev–Trinajstić information content (AvgIpc) is 1.65. The zero-order valence-electron chi connectivity index (χ0n) is 70.6. The minimum Gasteiger partial charge on any atom is -0.508 e. The Balaban J connectivity index is 0.000000140. The highest BCUT2D eigenvalue weighted by atomic mass is 79.9. The Hall–Kier alpha value is -11.7. The van der Waals surface area contributed by atoms with Gasteiger partial charge in [-0.05, 0) is 203 Å². The van der Waals surface area contributed by atoms with Crippen molar-refractivity contribution in [2.45, 2.75) is 75.7 Å². The van der Waals surface area contributed by atoms with Crippen molar-refractivity contribution in [3.63, 3.8) is 0 Å². The summed E-state index contributed by atoms with van der Waals surface area (Å²) in [7, 11) is 1.59. The van der Waals surface area contributed by atoms with Gasteiger partial charge in [-0.15, -0.1) is 0 Å². The number of aryl methyl sites for hydroxylation is 2. The Morgan fingerprint density at radius 1 is 0.369 bits per heavy atom. The lowest BCUT2D eigenvalue weighted by Gasteiger charge is -2.39. The number of hydrogen-bond acceptors (Lipinski definition) is 23. The Bertz CT molecular complexity index is 5390. The number of piperazine rings is 4. The molecule has 0 aromatic heterocycles. The van der Waals surface area contributed by atoms with Crippen molar-refractivity contribution in [1.82, 2.24) is 39.2 Å². The van der Waals surface area contributed by atoms with Gasteiger partial charge in [-0.2, -0.15) is 0 Å². The molecule has 8 aromatic rings. The van der Waals surface area contributed by atoms with E-state index in [1.54, 1.807) is 129 Å². The van der Waals surface area contributed by atoms with Gasteiger partial charge in [0.1, 0.15) is 98.0 Å². The van der Waals surface area contributed by atoms with Crippen molar-refractivity contribution in [2.24, 2.45) is 41.6 Å². The summed E-state index contributed by atoms with van der Waals surface area (Å²) in [6.07, 6.45) is 0.584. The lowest BCUT2D eigenvalue weighted by molar-refractivity contribution is -0.149. The highest BCUT2D eigenvalue weighted by molar-refractivity contribution is 9.10. The van der Waals surface area contributed by atoms with Crippen LogP contribution in [0.15, 0.2) is 170 Å². The van der Waals surface area contributed by atoms with Gasteiger partial charge in [0, 0.05) is 153 Å². The van der Waals surface area contributed by atoms with Crippen LogP contribution in [0.3, 0.4) is 0 Å². The Kier molecular flexibility index (Phi) is 26.7. The molecule has 6 N–H and O–H groups in total. The normalized spacial score (nSPS) is 16.7. The van der Waals surface area contributed by atoms with E-state index < -0.39 is 45.5 Å². The maximum Gasteiger partial charge on any atom is 0.310 e. The molecule has 0 spiro atoms. The fourth-order valence-electron chi connectivity index (χ4n) is 15.3. The van der Waals surface area contributed by atoms with Gasteiger partial charge >= 0.3 is 23.9 Å². The third kappa shape index (κ3) is 21.1. The number of ether oxygens (including phenoxy) is 5. The second-order valence-corrected chi connectivity index (χ2v) is 35.2. The number of carboxylic acid groups (broad SMARTS) is 4. The molecule has 122 heavy (non-hydrogen) atoms. The zero-order chi connectivity index (χ0) is 87.3. The minimum atomic E-state index is -0.810. The molecule has 8 aliphatic heterocycles. The molecule has 8 aromatic carbocycles. The summed E-state index contributed by atoms with van der Waals surface area (Å²) in [5.74, 6) is 4.71. The molecule has 8 aliphatic rings. The van der Waals surface area contributed by atoms with Crippen LogP contribution in [0.25, 0.3) is 0 Å². The number of benzene rings is 8. The molecule has 0 radical (unpaired) electrons. The van der Waals surface area contributed by atoms with Crippen LogP contribution in [0, 0.1) is 47.1 Å². The van der Waals surface area contributed by atoms with Crippen LogP contribution in [-0.2, 0) is 19.2 Å². The number of hydrogen-bond donors (Lipinski definition) is 6. The lowest BCUT2D eigenvalue weighted by Crippen LogP contribution is -2.52. The van der Waals surface area contributed by atoms with Gasteiger partial charge in [0.25, 0.3) is 0 Å². The second-order valence-electron chi connectivity index (χ2n) is 34.3. The summed E-state index contributed by atoms with van der Waals surface area (Å²) in [6.45, 7) is 32.0. The van der Waals surface area contributed by atoms with Crippen LogP contribution in [0.5, 0.6) is 63.2 Å². The first-order chi connectivity index (χ1) is 57.9. The molecule has 644 valence electrons. The van der Waals surface area contributed by atoms with Crippen molar-refractivity contribution in [3.8, 4) is 63.2 Å². The first kappa shape index (κ1) is 88.1. The second kappa shape index (κ2) is 36.9. The van der Waals surface area contributed by atoms with Crippen LogP contribution < -0.4 is 23.7 Å². The number of aromatic hydroxyl groups is 2. The highest BCUT2D eigenvalue weighted by Gasteiger charge is 2.38. The van der Waals surface area contributed by atoms with Gasteiger partial charge in [-0.25, -0.2) is 28.8 Å². The molecule has 8 heterocycles. The van der Waals surface area contributed by atoms with Crippen molar-refractivity contribution >= 4 is 85.9 Å². The molecule has 30 heteroatoms. The summed E-state index contributed by atoms with van der Waals surface area (Å²) in [4.78, 5) is 82.9. The molecule has 27 nitrogen and oxygen atoms in total. The third-order valence-electron chi connectivity index (χ3n) is 22.8. The quantitative estimate of drug-likeness (QED) is 0.0589. The first-order valence-corrected chi connectivity index (χ1v) is 41.6. The Morgan fingerprint density at radius 3 is 1.08 bits per heavy atom. The zero-order valence-corrected chi connectivity index (χ0v) is 72.1. The molecule has 4 fully saturated rings. The van der Waals surface area contributed by atoms with Gasteiger partial charge in [0.05, 0.1) is 51.0 Å². The number of phenolic OH excluding ortho intramolecular Hbond substituents is 2. The van der Waals surface area contributed by atoms with E-state index in [0.29, 0.717) is 147 Å². The van der Waals surface area contributed by atoms with Crippen LogP contribution >= 0.6 is 15.9 Å². The maximum atomic E-state index is 14.0. The predicted octanol–water partition coefficient (Wildman–Crippen LogP) is 15.9. The van der Waals surface area contributed by atoms with E-state index >= 15 is 0 Å². The van der Waals surface area contributed by atoms with Crippen molar-refractivity contribution in [1.29, 1.82) is 0 Å². The Labute approximate surface area is 717 Å². The van der Waals surface area contributed by atoms with Gasteiger partial charge in [0.15, 0.2) is 23.0 Å². The molecule has 4 saturated heterocycles. The number of methoxy groups -OCH3 is 1. The number of fused-ring (bicyclic) bond motifs is 8. The first-order valence-electron chi connectivity index (χ1n) is 40.8. The fourth-order valence-corrected chi connectivity index (χ4v) is 15.6. The van der Waals surface area contributed by atoms with E-state index in [1.165, 1.54) is 24.3 Å². The number of halogens is 3. The molecule has 16 rings (SSSR count). The van der Waals surface area contributed by atoms with Crippen LogP contribution in [-0.4, -0.2) is 255 Å². The van der Waals surface area contributed by atoms with Gasteiger partial charge < -0.3 is 73.9 Å². The maximum absolute atomic E-state index is 14.0. The molecule has 0 amide bonds. The molecule has 0 saturated carbocycles. The summed E-state index contributed by atoms with van der Waals surface area (Å²) < 4.78 is 58.4. The number of phenols is 2. The van der Waals surface area contributed by atoms with E-state index in [0.717, 1.165) is 126 Å². The number of aliphatic imine (C=N–C) groups is 4. The van der Waals surface area contributed by atoms with Gasteiger partial charge in [0.2, 0.25) is 0 Å². The summed E-state index contributed by atoms with van der Waals surface area (Å²) in [6, 6.07) is 41.8.